The van der Waals surface area contributed by atoms with E-state index in [2.05, 4.69) is 33.4 Å². The summed E-state index contributed by atoms with van der Waals surface area (Å²) in [4.78, 5) is 8.83. The van der Waals surface area contributed by atoms with E-state index in [1.807, 2.05) is 29.9 Å². The summed E-state index contributed by atoms with van der Waals surface area (Å²) in [6.07, 6.45) is 4.33. The second kappa shape index (κ2) is 5.62. The quantitative estimate of drug-likeness (QED) is 0.805. The van der Waals surface area contributed by atoms with Gasteiger partial charge in [-0.05, 0) is 31.0 Å². The summed E-state index contributed by atoms with van der Waals surface area (Å²) in [5, 5.41) is 8.90. The van der Waals surface area contributed by atoms with Crippen molar-refractivity contribution in [3.63, 3.8) is 0 Å². The standard InChI is InChI=1S/C17H19N5O/c1-11-4-3-5-12-15(11)17(19-10-18-12)21-13-7-9-23-16(13)14-6-8-20-22(14)2/h3-6,8,10,13,16H,7,9H2,1-2H3,(H,18,19,21)/t13-,16-/m0/s1. The lowest BCUT2D eigenvalue weighted by Crippen LogP contribution is -2.25. The van der Waals surface area contributed by atoms with Crippen molar-refractivity contribution in [3.05, 3.63) is 48.0 Å². The van der Waals surface area contributed by atoms with Crippen LogP contribution in [0.15, 0.2) is 36.8 Å². The van der Waals surface area contributed by atoms with Crippen molar-refractivity contribution >= 4 is 16.7 Å². The van der Waals surface area contributed by atoms with E-state index in [0.29, 0.717) is 0 Å². The minimum absolute atomic E-state index is 0.0171. The van der Waals surface area contributed by atoms with Crippen LogP contribution >= 0.6 is 0 Å². The Morgan fingerprint density at radius 1 is 1.26 bits per heavy atom. The summed E-state index contributed by atoms with van der Waals surface area (Å²) in [6.45, 7) is 2.82. The molecule has 3 aromatic rings. The van der Waals surface area contributed by atoms with Gasteiger partial charge in [0.25, 0.3) is 0 Å². The first-order valence-electron chi connectivity index (χ1n) is 7.80. The second-order valence-electron chi connectivity index (χ2n) is 5.90. The number of nitrogens with zero attached hydrogens (tertiary/aromatic N) is 4. The first-order chi connectivity index (χ1) is 11.2. The molecule has 0 bridgehead atoms. The summed E-state index contributed by atoms with van der Waals surface area (Å²) in [5.41, 5.74) is 3.20. The van der Waals surface area contributed by atoms with Crippen molar-refractivity contribution in [2.45, 2.75) is 25.5 Å². The molecule has 1 fully saturated rings. The molecule has 3 heterocycles. The third kappa shape index (κ3) is 2.45. The van der Waals surface area contributed by atoms with E-state index in [1.165, 1.54) is 5.56 Å². The maximum atomic E-state index is 5.94. The van der Waals surface area contributed by atoms with Gasteiger partial charge in [0.1, 0.15) is 18.2 Å². The van der Waals surface area contributed by atoms with Gasteiger partial charge in [-0.3, -0.25) is 4.68 Å². The van der Waals surface area contributed by atoms with Crippen molar-refractivity contribution < 1.29 is 4.74 Å². The third-order valence-corrected chi connectivity index (χ3v) is 4.44. The zero-order valence-electron chi connectivity index (χ0n) is 13.2. The highest BCUT2D eigenvalue weighted by atomic mass is 16.5. The molecular weight excluding hydrogens is 290 g/mol. The number of hydrogen-bond donors (Lipinski definition) is 1. The van der Waals surface area contributed by atoms with Crippen molar-refractivity contribution in [1.82, 2.24) is 19.7 Å². The van der Waals surface area contributed by atoms with Crippen LogP contribution in [0.5, 0.6) is 0 Å². The molecule has 0 unspecified atom stereocenters. The number of hydrogen-bond acceptors (Lipinski definition) is 5. The molecule has 2 atom stereocenters. The number of aromatic nitrogens is 4. The summed E-state index contributed by atoms with van der Waals surface area (Å²) in [6, 6.07) is 8.29. The molecule has 4 rings (SSSR count). The number of benzene rings is 1. The van der Waals surface area contributed by atoms with Gasteiger partial charge in [0, 0.05) is 25.2 Å². The monoisotopic (exact) mass is 309 g/mol. The van der Waals surface area contributed by atoms with Gasteiger partial charge in [-0.2, -0.15) is 5.10 Å². The highest BCUT2D eigenvalue weighted by molar-refractivity contribution is 5.91. The molecule has 0 aliphatic carbocycles. The number of fused-ring (bicyclic) bond motifs is 1. The van der Waals surface area contributed by atoms with Crippen LogP contribution in [0.3, 0.4) is 0 Å². The molecule has 0 amide bonds. The predicted octanol–water partition coefficient (Wildman–Crippen LogP) is 2.61. The van der Waals surface area contributed by atoms with Gasteiger partial charge in [0.2, 0.25) is 0 Å². The number of ether oxygens (including phenoxy) is 1. The Balaban J connectivity index is 1.69. The van der Waals surface area contributed by atoms with Crippen LogP contribution in [0.1, 0.15) is 23.8 Å². The van der Waals surface area contributed by atoms with Crippen LogP contribution in [0.2, 0.25) is 0 Å². The zero-order valence-corrected chi connectivity index (χ0v) is 13.2. The summed E-state index contributed by atoms with van der Waals surface area (Å²) >= 11 is 0. The van der Waals surface area contributed by atoms with Crippen LogP contribution < -0.4 is 5.32 Å². The molecule has 6 heteroatoms. The third-order valence-electron chi connectivity index (χ3n) is 4.44. The average Bonchev–Trinajstić information content (AvgIpc) is 3.16. The van der Waals surface area contributed by atoms with Crippen molar-refractivity contribution in [1.29, 1.82) is 0 Å². The van der Waals surface area contributed by atoms with Crippen LogP contribution in [-0.4, -0.2) is 32.4 Å². The van der Waals surface area contributed by atoms with Gasteiger partial charge in [0.15, 0.2) is 0 Å². The molecule has 1 saturated heterocycles. The van der Waals surface area contributed by atoms with Gasteiger partial charge in [-0.25, -0.2) is 9.97 Å². The van der Waals surface area contributed by atoms with E-state index in [-0.39, 0.29) is 12.1 Å². The van der Waals surface area contributed by atoms with Crippen LogP contribution in [0.4, 0.5) is 5.82 Å². The molecule has 0 saturated carbocycles. The van der Waals surface area contributed by atoms with Crippen LogP contribution in [-0.2, 0) is 11.8 Å². The van der Waals surface area contributed by atoms with Crippen LogP contribution in [0.25, 0.3) is 10.9 Å². The summed E-state index contributed by atoms with van der Waals surface area (Å²) in [7, 11) is 1.94. The summed E-state index contributed by atoms with van der Waals surface area (Å²) < 4.78 is 7.81. The predicted molar refractivity (Wildman–Crippen MR) is 88.2 cm³/mol. The Hall–Kier alpha value is -2.47. The fourth-order valence-electron chi connectivity index (χ4n) is 3.26. The van der Waals surface area contributed by atoms with E-state index >= 15 is 0 Å². The fourth-order valence-corrected chi connectivity index (χ4v) is 3.26. The smallest absolute Gasteiger partial charge is 0.137 e. The minimum atomic E-state index is -0.0171. The highest BCUT2D eigenvalue weighted by Gasteiger charge is 2.32. The maximum Gasteiger partial charge on any atom is 0.137 e. The average molecular weight is 309 g/mol. The molecule has 1 aromatic carbocycles. The van der Waals surface area contributed by atoms with E-state index in [0.717, 1.165) is 35.4 Å². The molecule has 0 radical (unpaired) electrons. The number of rotatable bonds is 3. The molecule has 1 aliphatic rings. The largest absolute Gasteiger partial charge is 0.370 e. The number of aryl methyl sites for hydroxylation is 2. The Morgan fingerprint density at radius 2 is 2.17 bits per heavy atom. The molecule has 1 N–H and O–H groups in total. The number of nitrogens with one attached hydrogen (secondary N) is 1. The maximum absolute atomic E-state index is 5.94. The van der Waals surface area contributed by atoms with E-state index < -0.39 is 0 Å². The number of anilines is 1. The molecule has 6 nitrogen and oxygen atoms in total. The lowest BCUT2D eigenvalue weighted by atomic mass is 10.1. The van der Waals surface area contributed by atoms with Gasteiger partial charge in [-0.15, -0.1) is 0 Å². The summed E-state index contributed by atoms with van der Waals surface area (Å²) in [5.74, 6) is 0.871. The van der Waals surface area contributed by atoms with Gasteiger partial charge < -0.3 is 10.1 Å². The van der Waals surface area contributed by atoms with E-state index in [4.69, 9.17) is 4.74 Å². The minimum Gasteiger partial charge on any atom is -0.370 e. The molecule has 118 valence electrons. The normalized spacial score (nSPS) is 21.0. The van der Waals surface area contributed by atoms with Crippen LogP contribution in [0, 0.1) is 6.92 Å². The SMILES string of the molecule is Cc1cccc2ncnc(N[C@H]3CCO[C@@H]3c3ccnn3C)c12. The van der Waals surface area contributed by atoms with E-state index in [9.17, 15) is 0 Å². The topological polar surface area (TPSA) is 64.9 Å². The highest BCUT2D eigenvalue weighted by Crippen LogP contribution is 2.32. The van der Waals surface area contributed by atoms with Gasteiger partial charge in [-0.1, -0.05) is 12.1 Å². The molecular formula is C17H19N5O. The lowest BCUT2D eigenvalue weighted by Gasteiger charge is -2.21. The Kier molecular flexibility index (Phi) is 3.46. The zero-order chi connectivity index (χ0) is 15.8. The Bertz CT molecular complexity index is 839. The lowest BCUT2D eigenvalue weighted by molar-refractivity contribution is 0.101. The van der Waals surface area contributed by atoms with Gasteiger partial charge >= 0.3 is 0 Å². The second-order valence-corrected chi connectivity index (χ2v) is 5.90. The van der Waals surface area contributed by atoms with Gasteiger partial charge in [0.05, 0.1) is 17.3 Å². The Morgan fingerprint density at radius 3 is 3.00 bits per heavy atom. The Labute approximate surface area is 134 Å². The fraction of sp³-hybridized carbons (Fsp3) is 0.353. The molecule has 1 aliphatic heterocycles. The van der Waals surface area contributed by atoms with Crippen molar-refractivity contribution in [2.75, 3.05) is 11.9 Å². The molecule has 2 aromatic heterocycles. The van der Waals surface area contributed by atoms with Crippen molar-refractivity contribution in [2.24, 2.45) is 7.05 Å². The molecule has 0 spiro atoms. The first-order valence-corrected chi connectivity index (χ1v) is 7.80. The van der Waals surface area contributed by atoms with E-state index in [1.54, 1.807) is 12.5 Å². The first kappa shape index (κ1) is 14.1. The molecule has 23 heavy (non-hydrogen) atoms. The van der Waals surface area contributed by atoms with Crippen molar-refractivity contribution in [3.8, 4) is 0 Å².